The van der Waals surface area contributed by atoms with Gasteiger partial charge < -0.3 is 5.73 Å². The minimum absolute atomic E-state index is 0.304. The van der Waals surface area contributed by atoms with Gasteiger partial charge in [-0.25, -0.2) is 0 Å². The van der Waals surface area contributed by atoms with Crippen LogP contribution in [0.5, 0.6) is 0 Å². The molecule has 0 spiro atoms. The lowest BCUT2D eigenvalue weighted by Crippen LogP contribution is -2.09. The third kappa shape index (κ3) is 7.82. The van der Waals surface area contributed by atoms with Crippen molar-refractivity contribution in [3.63, 3.8) is 0 Å². The predicted octanol–water partition coefficient (Wildman–Crippen LogP) is 1.46. The SMILES string of the molecule is CCCSCCC(=N)N. The van der Waals surface area contributed by atoms with Crippen LogP contribution in [0.4, 0.5) is 0 Å². The lowest BCUT2D eigenvalue weighted by Gasteiger charge is -1.96. The number of hydrogen-bond donors (Lipinski definition) is 2. The van der Waals surface area contributed by atoms with E-state index in [1.165, 1.54) is 12.2 Å². The van der Waals surface area contributed by atoms with Gasteiger partial charge in [-0.05, 0) is 12.2 Å². The second-order valence-corrected chi connectivity index (χ2v) is 3.11. The summed E-state index contributed by atoms with van der Waals surface area (Å²) in [6.45, 7) is 2.15. The number of hydrogen-bond acceptors (Lipinski definition) is 2. The average molecular weight is 146 g/mol. The summed E-state index contributed by atoms with van der Waals surface area (Å²) >= 11 is 1.86. The molecule has 0 unspecified atom stereocenters. The fraction of sp³-hybridized carbons (Fsp3) is 0.833. The zero-order valence-corrected chi connectivity index (χ0v) is 6.63. The Balaban J connectivity index is 2.83. The van der Waals surface area contributed by atoms with Crippen LogP contribution >= 0.6 is 11.8 Å². The number of rotatable bonds is 5. The van der Waals surface area contributed by atoms with Crippen molar-refractivity contribution >= 4 is 17.6 Å². The molecule has 0 aliphatic heterocycles. The summed E-state index contributed by atoms with van der Waals surface area (Å²) in [6, 6.07) is 0. The summed E-state index contributed by atoms with van der Waals surface area (Å²) in [6.07, 6.45) is 1.95. The van der Waals surface area contributed by atoms with Crippen molar-refractivity contribution < 1.29 is 0 Å². The molecule has 0 saturated carbocycles. The maximum absolute atomic E-state index is 6.89. The number of nitrogens with one attached hydrogen (secondary N) is 1. The summed E-state index contributed by atoms with van der Waals surface area (Å²) < 4.78 is 0. The third-order valence-corrected chi connectivity index (χ3v) is 2.05. The van der Waals surface area contributed by atoms with E-state index in [1.54, 1.807) is 0 Å². The van der Waals surface area contributed by atoms with Crippen molar-refractivity contribution in [2.45, 2.75) is 19.8 Å². The van der Waals surface area contributed by atoms with E-state index >= 15 is 0 Å². The van der Waals surface area contributed by atoms with Crippen LogP contribution < -0.4 is 5.73 Å². The van der Waals surface area contributed by atoms with Gasteiger partial charge in [0.25, 0.3) is 0 Å². The van der Waals surface area contributed by atoms with Crippen LogP contribution in [0.2, 0.25) is 0 Å². The standard InChI is InChI=1S/C6H14N2S/c1-2-4-9-5-3-6(7)8/h2-5H2,1H3,(H3,7,8). The number of amidine groups is 1. The first kappa shape index (κ1) is 8.82. The van der Waals surface area contributed by atoms with Gasteiger partial charge in [-0.15, -0.1) is 0 Å². The van der Waals surface area contributed by atoms with Crippen molar-refractivity contribution in [3.05, 3.63) is 0 Å². The Hall–Kier alpha value is -0.180. The van der Waals surface area contributed by atoms with Crippen LogP contribution in [-0.2, 0) is 0 Å². The monoisotopic (exact) mass is 146 g/mol. The molecule has 0 fully saturated rings. The molecule has 9 heavy (non-hydrogen) atoms. The van der Waals surface area contributed by atoms with Crippen molar-refractivity contribution in [3.8, 4) is 0 Å². The zero-order chi connectivity index (χ0) is 7.11. The quantitative estimate of drug-likeness (QED) is 0.350. The molecule has 0 rings (SSSR count). The summed E-state index contributed by atoms with van der Waals surface area (Å²) in [5.41, 5.74) is 5.14. The molecule has 0 amide bonds. The van der Waals surface area contributed by atoms with E-state index in [9.17, 15) is 0 Å². The van der Waals surface area contributed by atoms with Crippen LogP contribution in [-0.4, -0.2) is 17.3 Å². The van der Waals surface area contributed by atoms with E-state index in [4.69, 9.17) is 11.1 Å². The van der Waals surface area contributed by atoms with Gasteiger partial charge in [-0.2, -0.15) is 11.8 Å². The third-order valence-electron chi connectivity index (χ3n) is 0.864. The molecule has 0 heterocycles. The van der Waals surface area contributed by atoms with E-state index in [1.807, 2.05) is 11.8 Å². The van der Waals surface area contributed by atoms with Crippen LogP contribution in [0.1, 0.15) is 19.8 Å². The largest absolute Gasteiger partial charge is 0.388 e. The van der Waals surface area contributed by atoms with Crippen molar-refractivity contribution in [2.24, 2.45) is 5.73 Å². The molecule has 0 bridgehead atoms. The molecule has 0 saturated heterocycles. The molecule has 0 aromatic heterocycles. The van der Waals surface area contributed by atoms with E-state index in [2.05, 4.69) is 6.92 Å². The van der Waals surface area contributed by atoms with Gasteiger partial charge in [-0.1, -0.05) is 6.92 Å². The Bertz CT molecular complexity index is 83.1. The lowest BCUT2D eigenvalue weighted by atomic mass is 10.5. The van der Waals surface area contributed by atoms with E-state index in [-0.39, 0.29) is 0 Å². The molecule has 0 aromatic carbocycles. The number of nitrogens with two attached hydrogens (primary N) is 1. The smallest absolute Gasteiger partial charge is 0.0913 e. The van der Waals surface area contributed by atoms with Crippen LogP contribution in [0.25, 0.3) is 0 Å². The van der Waals surface area contributed by atoms with Crippen molar-refractivity contribution in [1.29, 1.82) is 5.41 Å². The zero-order valence-electron chi connectivity index (χ0n) is 5.81. The Morgan fingerprint density at radius 1 is 1.56 bits per heavy atom. The maximum Gasteiger partial charge on any atom is 0.0913 e. The highest BCUT2D eigenvalue weighted by molar-refractivity contribution is 7.99. The van der Waals surface area contributed by atoms with E-state index in [0.29, 0.717) is 5.84 Å². The second-order valence-electron chi connectivity index (χ2n) is 1.89. The lowest BCUT2D eigenvalue weighted by molar-refractivity contribution is 1.10. The second kappa shape index (κ2) is 5.95. The Kier molecular flexibility index (Phi) is 5.83. The van der Waals surface area contributed by atoms with Gasteiger partial charge in [0.1, 0.15) is 0 Å². The van der Waals surface area contributed by atoms with Gasteiger partial charge in [0.2, 0.25) is 0 Å². The minimum atomic E-state index is 0.304. The highest BCUT2D eigenvalue weighted by Gasteiger charge is 1.88. The molecule has 54 valence electrons. The van der Waals surface area contributed by atoms with E-state index in [0.717, 1.165) is 12.2 Å². The molecule has 0 radical (unpaired) electrons. The fourth-order valence-electron chi connectivity index (χ4n) is 0.429. The van der Waals surface area contributed by atoms with Gasteiger partial charge in [0, 0.05) is 12.2 Å². The predicted molar refractivity (Wildman–Crippen MR) is 44.1 cm³/mol. The molecule has 3 N–H and O–H groups in total. The Morgan fingerprint density at radius 3 is 2.67 bits per heavy atom. The highest BCUT2D eigenvalue weighted by atomic mass is 32.2. The van der Waals surface area contributed by atoms with Crippen LogP contribution in [0.3, 0.4) is 0 Å². The highest BCUT2D eigenvalue weighted by Crippen LogP contribution is 2.02. The molecule has 0 aromatic rings. The first-order chi connectivity index (χ1) is 4.27. The maximum atomic E-state index is 6.89. The molecule has 2 nitrogen and oxygen atoms in total. The van der Waals surface area contributed by atoms with Gasteiger partial charge in [0.15, 0.2) is 0 Å². The van der Waals surface area contributed by atoms with Gasteiger partial charge in [0.05, 0.1) is 5.84 Å². The molecule has 3 heteroatoms. The van der Waals surface area contributed by atoms with Crippen LogP contribution in [0, 0.1) is 5.41 Å². The molecule has 0 aliphatic carbocycles. The topological polar surface area (TPSA) is 49.9 Å². The fourth-order valence-corrected chi connectivity index (χ4v) is 1.29. The van der Waals surface area contributed by atoms with Gasteiger partial charge >= 0.3 is 0 Å². The van der Waals surface area contributed by atoms with Gasteiger partial charge in [-0.3, -0.25) is 5.41 Å². The molecule has 0 atom stereocenters. The molecule has 0 aliphatic rings. The molecular weight excluding hydrogens is 132 g/mol. The minimum Gasteiger partial charge on any atom is -0.388 e. The first-order valence-corrected chi connectivity index (χ1v) is 4.33. The Morgan fingerprint density at radius 2 is 2.22 bits per heavy atom. The first-order valence-electron chi connectivity index (χ1n) is 3.18. The number of thioether (sulfide) groups is 1. The summed E-state index contributed by atoms with van der Waals surface area (Å²) in [5, 5.41) is 6.89. The van der Waals surface area contributed by atoms with Crippen molar-refractivity contribution in [1.82, 2.24) is 0 Å². The van der Waals surface area contributed by atoms with Crippen molar-refractivity contribution in [2.75, 3.05) is 11.5 Å². The molecular formula is C6H14N2S. The average Bonchev–Trinajstić information content (AvgIpc) is 1.80. The summed E-state index contributed by atoms with van der Waals surface area (Å²) in [7, 11) is 0. The summed E-state index contributed by atoms with van der Waals surface area (Å²) in [5.74, 6) is 2.50. The van der Waals surface area contributed by atoms with E-state index < -0.39 is 0 Å². The van der Waals surface area contributed by atoms with Crippen LogP contribution in [0.15, 0.2) is 0 Å². The normalized spacial score (nSPS) is 9.44. The summed E-state index contributed by atoms with van der Waals surface area (Å²) in [4.78, 5) is 0. The Labute approximate surface area is 60.7 Å².